The Bertz CT molecular complexity index is 1040. The quantitative estimate of drug-likeness (QED) is 0.200. The van der Waals surface area contributed by atoms with Gasteiger partial charge in [0.1, 0.15) is 6.61 Å². The second-order valence-corrected chi connectivity index (χ2v) is 8.65. The van der Waals surface area contributed by atoms with Gasteiger partial charge in [-0.25, -0.2) is 5.43 Å². The van der Waals surface area contributed by atoms with E-state index in [1.807, 2.05) is 61.5 Å². The van der Waals surface area contributed by atoms with Gasteiger partial charge in [0.05, 0.1) is 16.4 Å². The highest BCUT2D eigenvalue weighted by molar-refractivity contribution is 14.1. The van der Waals surface area contributed by atoms with Gasteiger partial charge in [0, 0.05) is 9.13 Å². The molecular formula is C23H20I2N2O3. The van der Waals surface area contributed by atoms with Crippen LogP contribution in [0.15, 0.2) is 71.8 Å². The zero-order valence-corrected chi connectivity index (χ0v) is 20.6. The van der Waals surface area contributed by atoms with Gasteiger partial charge >= 0.3 is 0 Å². The third-order valence-corrected chi connectivity index (χ3v) is 5.50. The number of rotatable bonds is 8. The molecule has 0 saturated carbocycles. The molecule has 3 aromatic rings. The molecule has 30 heavy (non-hydrogen) atoms. The zero-order chi connectivity index (χ0) is 21.3. The fourth-order valence-corrected chi connectivity index (χ4v) is 3.98. The third-order valence-electron chi connectivity index (χ3n) is 4.02. The van der Waals surface area contributed by atoms with Gasteiger partial charge in [0.15, 0.2) is 11.5 Å². The van der Waals surface area contributed by atoms with Crippen LogP contribution in [0.25, 0.3) is 0 Å². The zero-order valence-electron chi connectivity index (χ0n) is 16.3. The molecule has 1 N–H and O–H groups in total. The fourth-order valence-electron chi connectivity index (χ4n) is 2.65. The van der Waals surface area contributed by atoms with E-state index in [-0.39, 0.29) is 5.91 Å². The molecule has 0 aromatic heterocycles. The average molecular weight is 626 g/mol. The Labute approximate surface area is 203 Å². The molecule has 3 rings (SSSR count). The monoisotopic (exact) mass is 626 g/mol. The summed E-state index contributed by atoms with van der Waals surface area (Å²) in [5.41, 5.74) is 5.01. The summed E-state index contributed by atoms with van der Waals surface area (Å²) < 4.78 is 13.7. The summed E-state index contributed by atoms with van der Waals surface area (Å²) in [5, 5.41) is 4.09. The molecule has 1 amide bonds. The number of carbonyl (C=O) groups is 1. The lowest BCUT2D eigenvalue weighted by molar-refractivity contribution is 0.0955. The SMILES string of the molecule is CCOc1cc(/C=N\NC(=O)c2cccc(I)c2)cc(I)c1OCc1ccccc1. The molecule has 0 atom stereocenters. The normalized spacial score (nSPS) is 10.8. The van der Waals surface area contributed by atoms with Crippen molar-refractivity contribution < 1.29 is 14.3 Å². The van der Waals surface area contributed by atoms with Gasteiger partial charge in [0.2, 0.25) is 0 Å². The van der Waals surface area contributed by atoms with Crippen molar-refractivity contribution in [1.29, 1.82) is 0 Å². The van der Waals surface area contributed by atoms with Crippen molar-refractivity contribution in [2.24, 2.45) is 5.10 Å². The Morgan fingerprint density at radius 2 is 1.83 bits per heavy atom. The van der Waals surface area contributed by atoms with Crippen LogP contribution in [0.3, 0.4) is 0 Å². The van der Waals surface area contributed by atoms with E-state index in [0.29, 0.717) is 30.3 Å². The number of amides is 1. The average Bonchev–Trinajstić information content (AvgIpc) is 2.74. The molecule has 0 radical (unpaired) electrons. The summed E-state index contributed by atoms with van der Waals surface area (Å²) >= 11 is 4.39. The number of hydrogen-bond donors (Lipinski definition) is 1. The number of nitrogens with zero attached hydrogens (tertiary/aromatic N) is 1. The summed E-state index contributed by atoms with van der Waals surface area (Å²) in [6.45, 7) is 2.90. The van der Waals surface area contributed by atoms with Crippen molar-refractivity contribution in [3.8, 4) is 11.5 Å². The Morgan fingerprint density at radius 1 is 1.03 bits per heavy atom. The van der Waals surface area contributed by atoms with Crippen LogP contribution in [0.1, 0.15) is 28.4 Å². The summed E-state index contributed by atoms with van der Waals surface area (Å²) in [4.78, 5) is 12.2. The Kier molecular flexibility index (Phi) is 8.50. The highest BCUT2D eigenvalue weighted by Crippen LogP contribution is 2.34. The van der Waals surface area contributed by atoms with Gasteiger partial charge in [-0.1, -0.05) is 36.4 Å². The molecule has 0 fully saturated rings. The summed E-state index contributed by atoms with van der Waals surface area (Å²) in [7, 11) is 0. The van der Waals surface area contributed by atoms with E-state index < -0.39 is 0 Å². The maximum absolute atomic E-state index is 12.2. The maximum atomic E-state index is 12.2. The van der Waals surface area contributed by atoms with Crippen LogP contribution in [0.5, 0.6) is 11.5 Å². The van der Waals surface area contributed by atoms with Crippen molar-refractivity contribution >= 4 is 57.3 Å². The smallest absolute Gasteiger partial charge is 0.271 e. The number of hydrogen-bond acceptors (Lipinski definition) is 4. The molecule has 3 aromatic carbocycles. The van der Waals surface area contributed by atoms with Crippen LogP contribution in [-0.4, -0.2) is 18.7 Å². The van der Waals surface area contributed by atoms with E-state index in [1.165, 1.54) is 0 Å². The van der Waals surface area contributed by atoms with Gasteiger partial charge in [-0.3, -0.25) is 4.79 Å². The molecule has 0 aliphatic rings. The molecule has 5 nitrogen and oxygen atoms in total. The number of halogens is 2. The van der Waals surface area contributed by atoms with Crippen molar-refractivity contribution in [1.82, 2.24) is 5.43 Å². The third kappa shape index (κ3) is 6.43. The highest BCUT2D eigenvalue weighted by Gasteiger charge is 2.12. The minimum atomic E-state index is -0.257. The lowest BCUT2D eigenvalue weighted by atomic mass is 10.2. The predicted octanol–water partition coefficient (Wildman–Crippen LogP) is 5.64. The van der Waals surface area contributed by atoms with Crippen molar-refractivity contribution in [2.45, 2.75) is 13.5 Å². The predicted molar refractivity (Wildman–Crippen MR) is 135 cm³/mol. The van der Waals surface area contributed by atoms with Crippen molar-refractivity contribution in [3.05, 3.63) is 90.6 Å². The van der Waals surface area contributed by atoms with Crippen LogP contribution < -0.4 is 14.9 Å². The van der Waals surface area contributed by atoms with Gasteiger partial charge in [-0.2, -0.15) is 5.10 Å². The molecule has 0 spiro atoms. The summed E-state index contributed by atoms with van der Waals surface area (Å²) in [6.07, 6.45) is 1.59. The van der Waals surface area contributed by atoms with Gasteiger partial charge < -0.3 is 9.47 Å². The number of carbonyl (C=O) groups excluding carboxylic acids is 1. The number of ether oxygens (including phenoxy) is 2. The van der Waals surface area contributed by atoms with Crippen LogP contribution in [-0.2, 0) is 6.61 Å². The van der Waals surface area contributed by atoms with E-state index in [0.717, 1.165) is 18.3 Å². The summed E-state index contributed by atoms with van der Waals surface area (Å²) in [5.74, 6) is 1.08. The van der Waals surface area contributed by atoms with E-state index in [9.17, 15) is 4.79 Å². The Morgan fingerprint density at radius 3 is 2.57 bits per heavy atom. The second kappa shape index (κ2) is 11.3. The van der Waals surface area contributed by atoms with E-state index in [1.54, 1.807) is 18.3 Å². The number of hydrazone groups is 1. The molecular weight excluding hydrogens is 606 g/mol. The maximum Gasteiger partial charge on any atom is 0.271 e. The molecule has 154 valence electrons. The first-order valence-electron chi connectivity index (χ1n) is 9.29. The minimum absolute atomic E-state index is 0.257. The first kappa shape index (κ1) is 22.5. The number of benzene rings is 3. The lowest BCUT2D eigenvalue weighted by Gasteiger charge is -2.14. The van der Waals surface area contributed by atoms with Crippen LogP contribution >= 0.6 is 45.2 Å². The first-order valence-corrected chi connectivity index (χ1v) is 11.4. The highest BCUT2D eigenvalue weighted by atomic mass is 127. The van der Waals surface area contributed by atoms with Crippen molar-refractivity contribution in [2.75, 3.05) is 6.61 Å². The topological polar surface area (TPSA) is 59.9 Å². The van der Waals surface area contributed by atoms with Crippen LogP contribution in [0, 0.1) is 7.14 Å². The van der Waals surface area contributed by atoms with Gasteiger partial charge in [-0.15, -0.1) is 0 Å². The van der Waals surface area contributed by atoms with Crippen LogP contribution in [0.2, 0.25) is 0 Å². The first-order chi connectivity index (χ1) is 14.6. The van der Waals surface area contributed by atoms with E-state index in [2.05, 4.69) is 55.7 Å². The Balaban J connectivity index is 1.72. The van der Waals surface area contributed by atoms with Crippen molar-refractivity contribution in [3.63, 3.8) is 0 Å². The summed E-state index contributed by atoms with van der Waals surface area (Å²) in [6, 6.07) is 21.1. The molecule has 0 aliphatic heterocycles. The second-order valence-electron chi connectivity index (χ2n) is 6.25. The standard InChI is InChI=1S/C23H20I2N2O3/c1-2-29-21-12-17(14-26-27-23(28)18-9-6-10-19(24)13-18)11-20(25)22(21)30-15-16-7-4-3-5-8-16/h3-14H,2,15H2,1H3,(H,27,28)/b26-14-. The van der Waals surface area contributed by atoms with Gasteiger partial charge in [-0.05, 0) is 93.6 Å². The van der Waals surface area contributed by atoms with E-state index >= 15 is 0 Å². The number of nitrogens with one attached hydrogen (secondary N) is 1. The fraction of sp³-hybridized carbons (Fsp3) is 0.130. The van der Waals surface area contributed by atoms with E-state index in [4.69, 9.17) is 9.47 Å². The largest absolute Gasteiger partial charge is 0.490 e. The Hall–Kier alpha value is -2.14. The lowest BCUT2D eigenvalue weighted by Crippen LogP contribution is -2.17. The molecule has 0 bridgehead atoms. The molecule has 0 unspecified atom stereocenters. The van der Waals surface area contributed by atoms with Crippen LogP contribution in [0.4, 0.5) is 0 Å². The molecule has 7 heteroatoms. The van der Waals surface area contributed by atoms with Gasteiger partial charge in [0.25, 0.3) is 5.91 Å². The molecule has 0 saturated heterocycles. The molecule has 0 heterocycles. The minimum Gasteiger partial charge on any atom is -0.490 e. The molecule has 0 aliphatic carbocycles.